The molecule has 2 aromatic carbocycles. The third-order valence-electron chi connectivity index (χ3n) is 3.22. The third-order valence-corrected chi connectivity index (χ3v) is 3.22. The van der Waals surface area contributed by atoms with E-state index in [2.05, 4.69) is 35.2 Å². The van der Waals surface area contributed by atoms with Crippen LogP contribution in [0, 0.1) is 0 Å². The average molecular weight is 270 g/mol. The molecule has 0 saturated carbocycles. The smallest absolute Gasteiger partial charge is 0.0589 e. The van der Waals surface area contributed by atoms with Gasteiger partial charge in [0.15, 0.2) is 0 Å². The summed E-state index contributed by atoms with van der Waals surface area (Å²) in [6.45, 7) is 3.43. The van der Waals surface area contributed by atoms with Gasteiger partial charge in [-0.05, 0) is 23.3 Å². The van der Waals surface area contributed by atoms with E-state index < -0.39 is 0 Å². The van der Waals surface area contributed by atoms with Gasteiger partial charge in [-0.15, -0.1) is 0 Å². The fraction of sp³-hybridized carbons (Fsp3) is 0.294. The molecule has 0 unspecified atom stereocenters. The average Bonchev–Trinajstić information content (AvgIpc) is 2.46. The molecule has 3 nitrogen and oxygen atoms in total. The van der Waals surface area contributed by atoms with Crippen molar-refractivity contribution in [3.05, 3.63) is 65.7 Å². The van der Waals surface area contributed by atoms with Gasteiger partial charge in [0.2, 0.25) is 0 Å². The van der Waals surface area contributed by atoms with E-state index in [4.69, 9.17) is 10.5 Å². The molecule has 2 rings (SSSR count). The van der Waals surface area contributed by atoms with Crippen molar-refractivity contribution in [2.75, 3.05) is 26.0 Å². The summed E-state index contributed by atoms with van der Waals surface area (Å²) in [6.07, 6.45) is 0. The van der Waals surface area contributed by atoms with Crippen LogP contribution in [0.2, 0.25) is 0 Å². The second kappa shape index (κ2) is 7.68. The van der Waals surface area contributed by atoms with Crippen LogP contribution < -0.4 is 5.73 Å². The van der Waals surface area contributed by atoms with Gasteiger partial charge in [0.05, 0.1) is 6.61 Å². The standard InChI is InChI=1S/C17H22N2O/c1-20-11-10-19(13-15-6-3-2-4-7-15)14-16-8-5-9-17(18)12-16/h2-9,12H,10-11,13-14,18H2,1H3. The van der Waals surface area contributed by atoms with Crippen molar-refractivity contribution >= 4 is 5.69 Å². The van der Waals surface area contributed by atoms with Gasteiger partial charge in [0.1, 0.15) is 0 Å². The highest BCUT2D eigenvalue weighted by atomic mass is 16.5. The molecule has 0 aliphatic heterocycles. The molecule has 0 bridgehead atoms. The van der Waals surface area contributed by atoms with Crippen molar-refractivity contribution in [2.24, 2.45) is 0 Å². The molecule has 3 heteroatoms. The fourth-order valence-corrected chi connectivity index (χ4v) is 2.23. The van der Waals surface area contributed by atoms with Crippen molar-refractivity contribution in [3.8, 4) is 0 Å². The Morgan fingerprint density at radius 1 is 0.950 bits per heavy atom. The Morgan fingerprint density at radius 2 is 1.65 bits per heavy atom. The lowest BCUT2D eigenvalue weighted by molar-refractivity contribution is 0.140. The molecular formula is C17H22N2O. The van der Waals surface area contributed by atoms with Crippen molar-refractivity contribution in [2.45, 2.75) is 13.1 Å². The monoisotopic (exact) mass is 270 g/mol. The van der Waals surface area contributed by atoms with Crippen LogP contribution in [0.5, 0.6) is 0 Å². The van der Waals surface area contributed by atoms with Gasteiger partial charge in [0, 0.05) is 32.4 Å². The summed E-state index contributed by atoms with van der Waals surface area (Å²) in [5.74, 6) is 0. The molecule has 0 saturated heterocycles. The molecule has 106 valence electrons. The van der Waals surface area contributed by atoms with E-state index in [1.165, 1.54) is 11.1 Å². The Bertz CT molecular complexity index is 513. The maximum Gasteiger partial charge on any atom is 0.0589 e. The number of nitrogens with zero attached hydrogens (tertiary/aromatic N) is 1. The second-order valence-electron chi connectivity index (χ2n) is 4.93. The second-order valence-corrected chi connectivity index (χ2v) is 4.93. The van der Waals surface area contributed by atoms with E-state index in [0.717, 1.165) is 31.9 Å². The Labute approximate surface area is 121 Å². The topological polar surface area (TPSA) is 38.5 Å². The zero-order valence-electron chi connectivity index (χ0n) is 12.0. The van der Waals surface area contributed by atoms with Crippen LogP contribution in [0.25, 0.3) is 0 Å². The molecule has 0 aromatic heterocycles. The molecule has 0 aliphatic carbocycles. The normalized spacial score (nSPS) is 10.9. The Hall–Kier alpha value is -1.84. The Balaban J connectivity index is 2.03. The highest BCUT2D eigenvalue weighted by Crippen LogP contribution is 2.12. The molecular weight excluding hydrogens is 248 g/mol. The van der Waals surface area contributed by atoms with Crippen LogP contribution in [0.4, 0.5) is 5.69 Å². The number of hydrogen-bond acceptors (Lipinski definition) is 3. The molecule has 0 atom stereocenters. The third kappa shape index (κ3) is 4.68. The summed E-state index contributed by atoms with van der Waals surface area (Å²) < 4.78 is 5.21. The number of rotatable bonds is 7. The predicted molar refractivity (Wildman–Crippen MR) is 83.3 cm³/mol. The van der Waals surface area contributed by atoms with Crippen molar-refractivity contribution in [1.82, 2.24) is 4.90 Å². The summed E-state index contributed by atoms with van der Waals surface area (Å²) in [7, 11) is 1.74. The number of ether oxygens (including phenoxy) is 1. The first-order valence-electron chi connectivity index (χ1n) is 6.87. The zero-order valence-corrected chi connectivity index (χ0v) is 12.0. The van der Waals surface area contributed by atoms with Gasteiger partial charge < -0.3 is 10.5 Å². The number of methoxy groups -OCH3 is 1. The van der Waals surface area contributed by atoms with Crippen molar-refractivity contribution in [1.29, 1.82) is 0 Å². The lowest BCUT2D eigenvalue weighted by Crippen LogP contribution is -2.26. The largest absolute Gasteiger partial charge is 0.399 e. The van der Waals surface area contributed by atoms with E-state index >= 15 is 0 Å². The molecule has 0 amide bonds. The minimum absolute atomic E-state index is 0.731. The number of anilines is 1. The van der Waals surface area contributed by atoms with Gasteiger partial charge in [-0.2, -0.15) is 0 Å². The van der Waals surface area contributed by atoms with Gasteiger partial charge in [-0.25, -0.2) is 0 Å². The van der Waals surface area contributed by atoms with Crippen LogP contribution in [0.15, 0.2) is 54.6 Å². The minimum atomic E-state index is 0.731. The summed E-state index contributed by atoms with van der Waals surface area (Å²) >= 11 is 0. The lowest BCUT2D eigenvalue weighted by Gasteiger charge is -2.22. The molecule has 20 heavy (non-hydrogen) atoms. The summed E-state index contributed by atoms with van der Waals surface area (Å²) in [5, 5.41) is 0. The van der Waals surface area contributed by atoms with Crippen LogP contribution in [0.1, 0.15) is 11.1 Å². The molecule has 0 radical (unpaired) electrons. The van der Waals surface area contributed by atoms with E-state index in [1.807, 2.05) is 24.3 Å². The van der Waals surface area contributed by atoms with Crippen LogP contribution in [-0.2, 0) is 17.8 Å². The number of benzene rings is 2. The van der Waals surface area contributed by atoms with Crippen LogP contribution >= 0.6 is 0 Å². The number of nitrogen functional groups attached to an aromatic ring is 1. The highest BCUT2D eigenvalue weighted by Gasteiger charge is 2.07. The van der Waals surface area contributed by atoms with Crippen molar-refractivity contribution < 1.29 is 4.74 Å². The minimum Gasteiger partial charge on any atom is -0.399 e. The predicted octanol–water partition coefficient (Wildman–Crippen LogP) is 2.92. The van der Waals surface area contributed by atoms with E-state index in [1.54, 1.807) is 7.11 Å². The first-order chi connectivity index (χ1) is 9.78. The van der Waals surface area contributed by atoms with E-state index in [-0.39, 0.29) is 0 Å². The molecule has 0 spiro atoms. The summed E-state index contributed by atoms with van der Waals surface area (Å²) in [4.78, 5) is 2.37. The van der Waals surface area contributed by atoms with E-state index in [0.29, 0.717) is 0 Å². The van der Waals surface area contributed by atoms with Gasteiger partial charge in [-0.1, -0.05) is 42.5 Å². The summed E-state index contributed by atoms with van der Waals surface area (Å²) in [6, 6.07) is 18.6. The lowest BCUT2D eigenvalue weighted by atomic mass is 10.1. The summed E-state index contributed by atoms with van der Waals surface area (Å²) in [5.41, 5.74) is 9.20. The number of nitrogens with two attached hydrogens (primary N) is 1. The van der Waals surface area contributed by atoms with Crippen LogP contribution in [0.3, 0.4) is 0 Å². The van der Waals surface area contributed by atoms with Gasteiger partial charge >= 0.3 is 0 Å². The quantitative estimate of drug-likeness (QED) is 0.786. The van der Waals surface area contributed by atoms with Gasteiger partial charge in [0.25, 0.3) is 0 Å². The zero-order chi connectivity index (χ0) is 14.2. The highest BCUT2D eigenvalue weighted by molar-refractivity contribution is 5.40. The van der Waals surface area contributed by atoms with E-state index in [9.17, 15) is 0 Å². The van der Waals surface area contributed by atoms with Crippen LogP contribution in [-0.4, -0.2) is 25.2 Å². The molecule has 2 N–H and O–H groups in total. The molecule has 0 fully saturated rings. The fourth-order valence-electron chi connectivity index (χ4n) is 2.23. The maximum atomic E-state index is 5.84. The Morgan fingerprint density at radius 3 is 2.35 bits per heavy atom. The Kier molecular flexibility index (Phi) is 5.59. The molecule has 0 aliphatic rings. The maximum absolute atomic E-state index is 5.84. The molecule has 0 heterocycles. The number of hydrogen-bond donors (Lipinski definition) is 1. The SMILES string of the molecule is COCCN(Cc1ccccc1)Cc1cccc(N)c1. The first-order valence-corrected chi connectivity index (χ1v) is 6.87. The van der Waals surface area contributed by atoms with Crippen molar-refractivity contribution in [3.63, 3.8) is 0 Å². The first kappa shape index (κ1) is 14.6. The molecule has 2 aromatic rings. The van der Waals surface area contributed by atoms with Gasteiger partial charge in [-0.3, -0.25) is 4.90 Å².